The lowest BCUT2D eigenvalue weighted by Gasteiger charge is -2.32. The van der Waals surface area contributed by atoms with Gasteiger partial charge in [0.15, 0.2) is 0 Å². The van der Waals surface area contributed by atoms with Crippen molar-refractivity contribution in [2.75, 3.05) is 11.4 Å². The highest BCUT2D eigenvalue weighted by atomic mass is 35.5. The molecule has 1 aliphatic rings. The van der Waals surface area contributed by atoms with Crippen molar-refractivity contribution >= 4 is 23.3 Å². The molecular formula is C17H24ClNO2. The summed E-state index contributed by atoms with van der Waals surface area (Å²) in [5, 5.41) is 9.89. The quantitative estimate of drug-likeness (QED) is 0.827. The van der Waals surface area contributed by atoms with E-state index in [0.29, 0.717) is 10.4 Å². The van der Waals surface area contributed by atoms with Gasteiger partial charge >= 0.3 is 5.97 Å². The Bertz CT molecular complexity index is 501. The van der Waals surface area contributed by atoms with Crippen LogP contribution in [0.5, 0.6) is 0 Å². The van der Waals surface area contributed by atoms with Crippen LogP contribution in [-0.4, -0.2) is 23.7 Å². The zero-order valence-electron chi connectivity index (χ0n) is 12.8. The molecule has 1 aromatic carbocycles. The topological polar surface area (TPSA) is 40.5 Å². The van der Waals surface area contributed by atoms with Crippen molar-refractivity contribution in [2.24, 2.45) is 5.41 Å². The zero-order chi connectivity index (χ0) is 15.5. The number of hydrogen-bond acceptors (Lipinski definition) is 2. The summed E-state index contributed by atoms with van der Waals surface area (Å²) in [6.45, 7) is 4.64. The second kappa shape index (κ2) is 6.69. The zero-order valence-corrected chi connectivity index (χ0v) is 13.6. The van der Waals surface area contributed by atoms with Crippen LogP contribution in [0.1, 0.15) is 46.0 Å². The number of carboxylic acids is 1. The molecule has 21 heavy (non-hydrogen) atoms. The number of carbonyl (C=O) groups is 1. The molecule has 0 heterocycles. The van der Waals surface area contributed by atoms with Crippen molar-refractivity contribution in [2.45, 2.75) is 52.0 Å². The van der Waals surface area contributed by atoms with Gasteiger partial charge < -0.3 is 10.0 Å². The lowest BCUT2D eigenvalue weighted by Crippen LogP contribution is -2.39. The summed E-state index contributed by atoms with van der Waals surface area (Å²) in [7, 11) is 0. The molecule has 0 aromatic heterocycles. The van der Waals surface area contributed by atoms with Crippen molar-refractivity contribution in [3.8, 4) is 0 Å². The van der Waals surface area contributed by atoms with E-state index in [1.807, 2.05) is 29.2 Å². The smallest absolute Gasteiger partial charge is 0.323 e. The van der Waals surface area contributed by atoms with Gasteiger partial charge in [-0.15, -0.1) is 0 Å². The van der Waals surface area contributed by atoms with E-state index in [-0.39, 0.29) is 12.6 Å². The van der Waals surface area contributed by atoms with Gasteiger partial charge in [0.05, 0.1) is 0 Å². The lowest BCUT2D eigenvalue weighted by molar-refractivity contribution is -0.135. The molecule has 1 N–H and O–H groups in total. The fourth-order valence-corrected chi connectivity index (χ4v) is 3.37. The fourth-order valence-electron chi connectivity index (χ4n) is 3.19. The van der Waals surface area contributed by atoms with Crippen molar-refractivity contribution in [3.63, 3.8) is 0 Å². The molecule has 1 aliphatic carbocycles. The Kier molecular flexibility index (Phi) is 5.15. The first-order valence-electron chi connectivity index (χ1n) is 7.61. The first-order chi connectivity index (χ1) is 9.87. The molecule has 0 spiro atoms. The van der Waals surface area contributed by atoms with E-state index >= 15 is 0 Å². The Morgan fingerprint density at radius 1 is 1.38 bits per heavy atom. The molecule has 0 amide bonds. The standard InChI is InChI=1S/C17H24ClNO2/c1-17(2)9-4-7-14(8-10-17)19(12-16(20)21)15-6-3-5-13(18)11-15/h3,5-6,11,14H,4,7-10,12H2,1-2H3,(H,20,21). The Labute approximate surface area is 131 Å². The number of benzene rings is 1. The van der Waals surface area contributed by atoms with E-state index in [0.717, 1.165) is 31.4 Å². The van der Waals surface area contributed by atoms with Crippen LogP contribution >= 0.6 is 11.6 Å². The average molecular weight is 310 g/mol. The summed E-state index contributed by atoms with van der Waals surface area (Å²) < 4.78 is 0. The van der Waals surface area contributed by atoms with Gasteiger partial charge in [-0.1, -0.05) is 37.9 Å². The van der Waals surface area contributed by atoms with Crippen LogP contribution in [0.4, 0.5) is 5.69 Å². The maximum absolute atomic E-state index is 11.2. The van der Waals surface area contributed by atoms with Gasteiger partial charge in [0.2, 0.25) is 0 Å². The molecule has 1 fully saturated rings. The fraction of sp³-hybridized carbons (Fsp3) is 0.588. The second-order valence-electron chi connectivity index (χ2n) is 6.75. The van der Waals surface area contributed by atoms with Gasteiger partial charge in [-0.2, -0.15) is 0 Å². The van der Waals surface area contributed by atoms with Crippen molar-refractivity contribution in [1.29, 1.82) is 0 Å². The van der Waals surface area contributed by atoms with E-state index in [4.69, 9.17) is 11.6 Å². The normalized spacial score (nSPS) is 21.6. The predicted molar refractivity (Wildman–Crippen MR) is 87.1 cm³/mol. The number of hydrogen-bond donors (Lipinski definition) is 1. The predicted octanol–water partition coefficient (Wildman–Crippen LogP) is 4.59. The lowest BCUT2D eigenvalue weighted by atomic mass is 9.85. The molecule has 0 aliphatic heterocycles. The molecule has 1 unspecified atom stereocenters. The molecule has 1 saturated carbocycles. The summed E-state index contributed by atoms with van der Waals surface area (Å²) in [6, 6.07) is 7.79. The Morgan fingerprint density at radius 2 is 2.14 bits per heavy atom. The molecule has 1 aromatic rings. The number of aliphatic carboxylic acids is 1. The first-order valence-corrected chi connectivity index (χ1v) is 7.99. The number of rotatable bonds is 4. The maximum Gasteiger partial charge on any atom is 0.323 e. The summed E-state index contributed by atoms with van der Waals surface area (Å²) >= 11 is 6.07. The van der Waals surface area contributed by atoms with Crippen LogP contribution in [0.2, 0.25) is 5.02 Å². The third kappa shape index (κ3) is 4.63. The second-order valence-corrected chi connectivity index (χ2v) is 7.19. The molecule has 3 nitrogen and oxygen atoms in total. The van der Waals surface area contributed by atoms with Crippen LogP contribution in [0.15, 0.2) is 24.3 Å². The Morgan fingerprint density at radius 3 is 2.81 bits per heavy atom. The SMILES string of the molecule is CC1(C)CCCC(N(CC(=O)O)c2cccc(Cl)c2)CC1. The third-order valence-corrected chi connectivity index (χ3v) is 4.67. The van der Waals surface area contributed by atoms with E-state index in [9.17, 15) is 9.90 Å². The minimum Gasteiger partial charge on any atom is -0.480 e. The van der Waals surface area contributed by atoms with Crippen LogP contribution in [0.25, 0.3) is 0 Å². The molecular weight excluding hydrogens is 286 g/mol. The van der Waals surface area contributed by atoms with Gasteiger partial charge in [-0.25, -0.2) is 0 Å². The first kappa shape index (κ1) is 16.2. The molecule has 0 bridgehead atoms. The summed E-state index contributed by atoms with van der Waals surface area (Å²) in [4.78, 5) is 13.3. The van der Waals surface area contributed by atoms with Crippen molar-refractivity contribution in [1.82, 2.24) is 0 Å². The van der Waals surface area contributed by atoms with Gasteiger partial charge in [0, 0.05) is 16.8 Å². The number of nitrogens with zero attached hydrogens (tertiary/aromatic N) is 1. The van der Waals surface area contributed by atoms with Gasteiger partial charge in [0.25, 0.3) is 0 Å². The number of carboxylic acid groups (broad SMARTS) is 1. The minimum atomic E-state index is -0.793. The van der Waals surface area contributed by atoms with Gasteiger partial charge in [-0.3, -0.25) is 4.79 Å². The Balaban J connectivity index is 2.21. The van der Waals surface area contributed by atoms with Crippen molar-refractivity contribution < 1.29 is 9.90 Å². The Hall–Kier alpha value is -1.22. The molecule has 2 rings (SSSR count). The molecule has 0 saturated heterocycles. The van der Waals surface area contributed by atoms with Crippen LogP contribution in [-0.2, 0) is 4.79 Å². The van der Waals surface area contributed by atoms with Gasteiger partial charge in [0.1, 0.15) is 6.54 Å². The average Bonchev–Trinajstić information content (AvgIpc) is 2.57. The molecule has 0 radical (unpaired) electrons. The van der Waals surface area contributed by atoms with E-state index in [1.165, 1.54) is 6.42 Å². The third-order valence-electron chi connectivity index (χ3n) is 4.43. The number of halogens is 1. The van der Waals surface area contributed by atoms with Crippen LogP contribution in [0.3, 0.4) is 0 Å². The summed E-state index contributed by atoms with van der Waals surface area (Å²) in [5.41, 5.74) is 1.27. The summed E-state index contributed by atoms with van der Waals surface area (Å²) in [6.07, 6.45) is 5.57. The molecule has 1 atom stereocenters. The monoisotopic (exact) mass is 309 g/mol. The maximum atomic E-state index is 11.2. The van der Waals surface area contributed by atoms with E-state index in [1.54, 1.807) is 0 Å². The van der Waals surface area contributed by atoms with Crippen LogP contribution < -0.4 is 4.90 Å². The van der Waals surface area contributed by atoms with Gasteiger partial charge in [-0.05, 0) is 49.3 Å². The van der Waals surface area contributed by atoms with Crippen molar-refractivity contribution in [3.05, 3.63) is 29.3 Å². The highest BCUT2D eigenvalue weighted by molar-refractivity contribution is 6.30. The van der Waals surface area contributed by atoms with E-state index in [2.05, 4.69) is 13.8 Å². The molecule has 116 valence electrons. The summed E-state index contributed by atoms with van der Waals surface area (Å²) in [5.74, 6) is -0.793. The number of anilines is 1. The highest BCUT2D eigenvalue weighted by Gasteiger charge is 2.28. The highest BCUT2D eigenvalue weighted by Crippen LogP contribution is 2.36. The van der Waals surface area contributed by atoms with E-state index < -0.39 is 5.97 Å². The van der Waals surface area contributed by atoms with Crippen LogP contribution in [0, 0.1) is 5.41 Å². The largest absolute Gasteiger partial charge is 0.480 e. The minimum absolute atomic E-state index is 0.0332. The molecule has 4 heteroatoms.